The molecule has 1 aliphatic rings. The van der Waals surface area contributed by atoms with Gasteiger partial charge < -0.3 is 4.74 Å². The van der Waals surface area contributed by atoms with Gasteiger partial charge in [0.25, 0.3) is 0 Å². The van der Waals surface area contributed by atoms with Crippen LogP contribution in [0.2, 0.25) is 0 Å². The first-order chi connectivity index (χ1) is 8.44. The minimum atomic E-state index is -3.51. The number of ether oxygens (including phenoxy) is 1. The summed E-state index contributed by atoms with van der Waals surface area (Å²) in [7, 11) is -2.05. The summed E-state index contributed by atoms with van der Waals surface area (Å²) in [6.07, 6.45) is 1.10. The van der Waals surface area contributed by atoms with Crippen molar-refractivity contribution in [3.05, 3.63) is 22.7 Å². The molecular weight excluding hydrogens is 318 g/mol. The van der Waals surface area contributed by atoms with Crippen molar-refractivity contribution < 1.29 is 13.2 Å². The van der Waals surface area contributed by atoms with Crippen molar-refractivity contribution in [3.63, 3.8) is 0 Å². The quantitative estimate of drug-likeness (QED) is 0.900. The Kier molecular flexibility index (Phi) is 3.99. The Balaban J connectivity index is 2.20. The second-order valence-corrected chi connectivity index (χ2v) is 7.27. The molecule has 18 heavy (non-hydrogen) atoms. The fourth-order valence-corrected chi connectivity index (χ4v) is 3.64. The van der Waals surface area contributed by atoms with E-state index in [-0.39, 0.29) is 4.90 Å². The van der Waals surface area contributed by atoms with Crippen molar-refractivity contribution in [1.82, 2.24) is 4.72 Å². The van der Waals surface area contributed by atoms with E-state index in [1.807, 2.05) is 0 Å². The lowest BCUT2D eigenvalue weighted by Crippen LogP contribution is -2.26. The van der Waals surface area contributed by atoms with Crippen molar-refractivity contribution in [2.24, 2.45) is 11.8 Å². The number of halogens is 1. The Labute approximate surface area is 116 Å². The topological polar surface area (TPSA) is 55.4 Å². The summed E-state index contributed by atoms with van der Waals surface area (Å²) < 4.78 is 32.8. The Morgan fingerprint density at radius 1 is 1.50 bits per heavy atom. The summed E-state index contributed by atoms with van der Waals surface area (Å²) in [4.78, 5) is 0.174. The van der Waals surface area contributed by atoms with E-state index in [1.54, 1.807) is 18.2 Å². The van der Waals surface area contributed by atoms with Gasteiger partial charge in [-0.3, -0.25) is 0 Å². The summed E-state index contributed by atoms with van der Waals surface area (Å²) in [6, 6.07) is 4.94. The summed E-state index contributed by atoms with van der Waals surface area (Å²) in [6.45, 7) is 2.62. The Morgan fingerprint density at radius 3 is 2.72 bits per heavy atom. The van der Waals surface area contributed by atoms with Crippen LogP contribution in [-0.4, -0.2) is 22.1 Å². The van der Waals surface area contributed by atoms with Gasteiger partial charge in [-0.05, 0) is 36.5 Å². The molecule has 0 aromatic heterocycles. The molecule has 1 aromatic rings. The predicted octanol–water partition coefficient (Wildman–Crippen LogP) is 2.39. The smallest absolute Gasteiger partial charge is 0.244 e. The van der Waals surface area contributed by atoms with Gasteiger partial charge in [0.2, 0.25) is 10.0 Å². The minimum absolute atomic E-state index is 0.174. The first-order valence-corrected chi connectivity index (χ1v) is 8.05. The molecule has 2 rings (SSSR count). The van der Waals surface area contributed by atoms with E-state index in [0.717, 1.165) is 6.42 Å². The van der Waals surface area contributed by atoms with E-state index in [2.05, 4.69) is 27.6 Å². The second kappa shape index (κ2) is 5.19. The lowest BCUT2D eigenvalue weighted by Gasteiger charge is -2.11. The van der Waals surface area contributed by atoms with Crippen LogP contribution in [0.5, 0.6) is 5.75 Å². The van der Waals surface area contributed by atoms with Crippen LogP contribution in [0.4, 0.5) is 0 Å². The highest BCUT2D eigenvalue weighted by Crippen LogP contribution is 2.37. The highest BCUT2D eigenvalue weighted by atomic mass is 79.9. The standard InChI is InChI=1S/C12H16BrNO3S/c1-8-5-9(8)7-14-18(15,16)12-6-10(13)3-4-11(12)17-2/h3-4,6,8-9,14H,5,7H2,1-2H3. The zero-order valence-corrected chi connectivity index (χ0v) is 12.7. The fourth-order valence-electron chi connectivity index (χ4n) is 1.84. The number of methoxy groups -OCH3 is 1. The van der Waals surface area contributed by atoms with E-state index < -0.39 is 10.0 Å². The lowest BCUT2D eigenvalue weighted by molar-refractivity contribution is 0.402. The van der Waals surface area contributed by atoms with Gasteiger partial charge in [-0.25, -0.2) is 13.1 Å². The number of sulfonamides is 1. The largest absolute Gasteiger partial charge is 0.495 e. The Bertz CT molecular complexity index is 544. The van der Waals surface area contributed by atoms with E-state index in [4.69, 9.17) is 4.74 Å². The van der Waals surface area contributed by atoms with Crippen LogP contribution in [0, 0.1) is 11.8 Å². The van der Waals surface area contributed by atoms with Gasteiger partial charge in [0, 0.05) is 11.0 Å². The van der Waals surface area contributed by atoms with Crippen LogP contribution in [0.25, 0.3) is 0 Å². The molecule has 0 spiro atoms. The molecule has 0 heterocycles. The zero-order chi connectivity index (χ0) is 13.3. The van der Waals surface area contributed by atoms with Crippen LogP contribution >= 0.6 is 15.9 Å². The summed E-state index contributed by atoms with van der Waals surface area (Å²) >= 11 is 3.27. The molecule has 0 amide bonds. The SMILES string of the molecule is COc1ccc(Br)cc1S(=O)(=O)NCC1CC1C. The van der Waals surface area contributed by atoms with Gasteiger partial charge in [0.15, 0.2) is 0 Å². The highest BCUT2D eigenvalue weighted by Gasteiger charge is 2.33. The van der Waals surface area contributed by atoms with Crippen LogP contribution in [-0.2, 0) is 10.0 Å². The minimum Gasteiger partial charge on any atom is -0.495 e. The first kappa shape index (κ1) is 13.8. The molecule has 2 atom stereocenters. The fraction of sp³-hybridized carbons (Fsp3) is 0.500. The van der Waals surface area contributed by atoms with Crippen molar-refractivity contribution in [2.45, 2.75) is 18.2 Å². The number of benzene rings is 1. The molecule has 1 saturated carbocycles. The Hall–Kier alpha value is -0.590. The molecule has 0 bridgehead atoms. The summed E-state index contributed by atoms with van der Waals surface area (Å²) in [5, 5.41) is 0. The molecule has 1 aromatic carbocycles. The number of nitrogens with one attached hydrogen (secondary N) is 1. The van der Waals surface area contributed by atoms with Gasteiger partial charge in [-0.1, -0.05) is 22.9 Å². The third-order valence-corrected chi connectivity index (χ3v) is 5.16. The van der Waals surface area contributed by atoms with Gasteiger partial charge in [0.05, 0.1) is 7.11 Å². The molecule has 1 aliphatic carbocycles. The average molecular weight is 334 g/mol. The van der Waals surface area contributed by atoms with Crippen molar-refractivity contribution in [2.75, 3.05) is 13.7 Å². The lowest BCUT2D eigenvalue weighted by atomic mass is 10.3. The van der Waals surface area contributed by atoms with E-state index in [1.165, 1.54) is 7.11 Å². The third-order valence-electron chi connectivity index (χ3n) is 3.23. The molecule has 0 radical (unpaired) electrons. The van der Waals surface area contributed by atoms with Crippen LogP contribution in [0.15, 0.2) is 27.6 Å². The monoisotopic (exact) mass is 333 g/mol. The van der Waals surface area contributed by atoms with Crippen molar-refractivity contribution >= 4 is 26.0 Å². The van der Waals surface area contributed by atoms with E-state index >= 15 is 0 Å². The third kappa shape index (κ3) is 3.05. The van der Waals surface area contributed by atoms with Gasteiger partial charge in [0.1, 0.15) is 10.6 Å². The first-order valence-electron chi connectivity index (χ1n) is 5.77. The molecule has 1 fully saturated rings. The average Bonchev–Trinajstić information content (AvgIpc) is 3.03. The van der Waals surface area contributed by atoms with Crippen LogP contribution in [0.3, 0.4) is 0 Å². The van der Waals surface area contributed by atoms with Crippen LogP contribution < -0.4 is 9.46 Å². The predicted molar refractivity (Wildman–Crippen MR) is 73.2 cm³/mol. The van der Waals surface area contributed by atoms with E-state index in [0.29, 0.717) is 28.6 Å². The molecule has 0 saturated heterocycles. The molecular formula is C12H16BrNO3S. The molecule has 2 unspecified atom stereocenters. The van der Waals surface area contributed by atoms with Gasteiger partial charge in [-0.15, -0.1) is 0 Å². The number of hydrogen-bond acceptors (Lipinski definition) is 3. The normalized spacial score (nSPS) is 22.8. The van der Waals surface area contributed by atoms with Gasteiger partial charge >= 0.3 is 0 Å². The molecule has 0 aliphatic heterocycles. The highest BCUT2D eigenvalue weighted by molar-refractivity contribution is 9.10. The zero-order valence-electron chi connectivity index (χ0n) is 10.3. The molecule has 100 valence electrons. The van der Waals surface area contributed by atoms with Gasteiger partial charge in [-0.2, -0.15) is 0 Å². The second-order valence-electron chi connectivity index (χ2n) is 4.62. The van der Waals surface area contributed by atoms with Crippen LogP contribution in [0.1, 0.15) is 13.3 Å². The summed E-state index contributed by atoms with van der Waals surface area (Å²) in [5.74, 6) is 1.45. The maximum absolute atomic E-state index is 12.2. The maximum atomic E-state index is 12.2. The summed E-state index contributed by atoms with van der Waals surface area (Å²) in [5.41, 5.74) is 0. The maximum Gasteiger partial charge on any atom is 0.244 e. The Morgan fingerprint density at radius 2 is 2.17 bits per heavy atom. The van der Waals surface area contributed by atoms with Crippen molar-refractivity contribution in [3.8, 4) is 5.75 Å². The van der Waals surface area contributed by atoms with E-state index in [9.17, 15) is 8.42 Å². The molecule has 6 heteroatoms. The molecule has 4 nitrogen and oxygen atoms in total. The number of hydrogen-bond donors (Lipinski definition) is 1. The number of rotatable bonds is 5. The molecule has 1 N–H and O–H groups in total. The van der Waals surface area contributed by atoms with Crippen molar-refractivity contribution in [1.29, 1.82) is 0 Å².